The van der Waals surface area contributed by atoms with Gasteiger partial charge in [0, 0.05) is 13.1 Å². The summed E-state index contributed by atoms with van der Waals surface area (Å²) in [5.74, 6) is -0.347. The number of carbonyl (C=O) groups is 2. The molecule has 0 radical (unpaired) electrons. The highest BCUT2D eigenvalue weighted by atomic mass is 32.1. The van der Waals surface area contributed by atoms with E-state index in [1.807, 2.05) is 5.38 Å². The van der Waals surface area contributed by atoms with Crippen molar-refractivity contribution >= 4 is 23.3 Å². The van der Waals surface area contributed by atoms with E-state index in [1.54, 1.807) is 17.0 Å². The predicted octanol–water partition coefficient (Wildman–Crippen LogP) is 0.232. The minimum absolute atomic E-state index is 0.131. The lowest BCUT2D eigenvalue weighted by Crippen LogP contribution is -2.49. The average molecular weight is 299 g/mol. The van der Waals surface area contributed by atoms with E-state index in [-0.39, 0.29) is 18.2 Å². The fraction of sp³-hybridized carbons (Fsp3) is 0.500. The summed E-state index contributed by atoms with van der Waals surface area (Å²) in [6.45, 7) is 3.35. The molecule has 2 saturated heterocycles. The van der Waals surface area contributed by atoms with Crippen molar-refractivity contribution in [2.24, 2.45) is 5.73 Å². The first kappa shape index (κ1) is 14.8. The normalized spacial score (nSPS) is 21.9. The number of nitrogens with two attached hydrogens (primary N) is 1. The Hall–Kier alpha value is -1.64. The van der Waals surface area contributed by atoms with Crippen molar-refractivity contribution in [1.82, 2.24) is 10.2 Å². The number of primary amides is 1. The molecular formula is C12H17N3O4S. The van der Waals surface area contributed by atoms with Gasteiger partial charge in [0.1, 0.15) is 12.8 Å². The summed E-state index contributed by atoms with van der Waals surface area (Å²) < 4.78 is 10.2. The van der Waals surface area contributed by atoms with E-state index in [0.29, 0.717) is 31.2 Å². The Morgan fingerprint density at radius 3 is 2.80 bits per heavy atom. The lowest BCUT2D eigenvalue weighted by atomic mass is 10.4. The Kier molecular flexibility index (Phi) is 5.33. The quantitative estimate of drug-likeness (QED) is 0.815. The molecule has 0 aromatic carbocycles. The number of morpholine rings is 1. The molecule has 20 heavy (non-hydrogen) atoms. The van der Waals surface area contributed by atoms with Crippen LogP contribution in [0.15, 0.2) is 17.5 Å². The van der Waals surface area contributed by atoms with E-state index in [1.165, 1.54) is 11.3 Å². The highest BCUT2D eigenvalue weighted by molar-refractivity contribution is 7.12. The fourth-order valence-corrected chi connectivity index (χ4v) is 2.41. The van der Waals surface area contributed by atoms with Crippen LogP contribution in [0.1, 0.15) is 9.67 Å². The molecule has 1 atom stereocenters. The molecule has 110 valence electrons. The van der Waals surface area contributed by atoms with E-state index in [9.17, 15) is 9.59 Å². The molecule has 0 bridgehead atoms. The van der Waals surface area contributed by atoms with Gasteiger partial charge in [-0.15, -0.1) is 11.3 Å². The highest BCUT2D eigenvalue weighted by Crippen LogP contribution is 2.10. The number of amides is 2. The smallest absolute Gasteiger partial charge is 0.412 e. The van der Waals surface area contributed by atoms with Gasteiger partial charge in [0.25, 0.3) is 5.91 Å². The first-order valence-electron chi connectivity index (χ1n) is 6.27. The molecule has 0 spiro atoms. The number of hydrogen-bond acceptors (Lipinski definition) is 6. The summed E-state index contributed by atoms with van der Waals surface area (Å²) in [5.41, 5.74) is 4.93. The van der Waals surface area contributed by atoms with Gasteiger partial charge in [-0.2, -0.15) is 0 Å². The van der Waals surface area contributed by atoms with Gasteiger partial charge in [0.15, 0.2) is 0 Å². The maximum Gasteiger partial charge on any atom is 0.412 e. The summed E-state index contributed by atoms with van der Waals surface area (Å²) in [4.78, 5) is 23.6. The number of nitrogens with zero attached hydrogens (tertiary/aromatic N) is 1. The van der Waals surface area contributed by atoms with Crippen molar-refractivity contribution in [3.05, 3.63) is 22.4 Å². The highest BCUT2D eigenvalue weighted by Gasteiger charge is 2.31. The Morgan fingerprint density at radius 1 is 1.50 bits per heavy atom. The van der Waals surface area contributed by atoms with Crippen molar-refractivity contribution in [2.75, 3.05) is 32.8 Å². The van der Waals surface area contributed by atoms with Crippen LogP contribution in [0, 0.1) is 0 Å². The van der Waals surface area contributed by atoms with Crippen molar-refractivity contribution < 1.29 is 19.1 Å². The maximum absolute atomic E-state index is 11.1. The van der Waals surface area contributed by atoms with Crippen molar-refractivity contribution in [3.8, 4) is 0 Å². The van der Waals surface area contributed by atoms with Gasteiger partial charge in [0.2, 0.25) is 0 Å². The van der Waals surface area contributed by atoms with Gasteiger partial charge >= 0.3 is 6.09 Å². The number of nitrogens with one attached hydrogen (secondary N) is 1. The van der Waals surface area contributed by atoms with Crippen LogP contribution in [0.3, 0.4) is 0 Å². The zero-order valence-corrected chi connectivity index (χ0v) is 11.7. The molecule has 1 unspecified atom stereocenters. The topological polar surface area (TPSA) is 93.9 Å². The maximum atomic E-state index is 11.1. The molecule has 1 aromatic heterocycles. The first-order chi connectivity index (χ1) is 9.68. The lowest BCUT2D eigenvalue weighted by molar-refractivity contribution is -0.0496. The van der Waals surface area contributed by atoms with Crippen molar-refractivity contribution in [3.63, 3.8) is 0 Å². The molecule has 0 saturated carbocycles. The molecule has 2 aliphatic rings. The van der Waals surface area contributed by atoms with Crippen molar-refractivity contribution in [1.29, 1.82) is 0 Å². The third-order valence-corrected chi connectivity index (χ3v) is 3.70. The third-order valence-electron chi connectivity index (χ3n) is 2.81. The van der Waals surface area contributed by atoms with E-state index in [0.717, 1.165) is 6.54 Å². The van der Waals surface area contributed by atoms with Gasteiger partial charge in [-0.25, -0.2) is 4.79 Å². The van der Waals surface area contributed by atoms with Crippen LogP contribution >= 0.6 is 11.3 Å². The monoisotopic (exact) mass is 299 g/mol. The second-order valence-corrected chi connectivity index (χ2v) is 5.13. The number of hydrogen-bond donors (Lipinski definition) is 2. The Morgan fingerprint density at radius 2 is 2.35 bits per heavy atom. The second-order valence-electron chi connectivity index (χ2n) is 4.18. The first-order valence-corrected chi connectivity index (χ1v) is 7.15. The third kappa shape index (κ3) is 3.92. The average Bonchev–Trinajstić information content (AvgIpc) is 3.11. The van der Waals surface area contributed by atoms with E-state index >= 15 is 0 Å². The molecule has 2 fully saturated rings. The van der Waals surface area contributed by atoms with Gasteiger partial charge in [-0.1, -0.05) is 6.07 Å². The minimum atomic E-state index is -0.347. The van der Waals surface area contributed by atoms with Gasteiger partial charge in [-0.3, -0.25) is 9.69 Å². The Bertz CT molecular complexity index is 446. The van der Waals surface area contributed by atoms with Gasteiger partial charge in [-0.05, 0) is 11.4 Å². The standard InChI is InChI=1S/C7H12N2O3.C5H5NOS/c10-7-9(2-4-12-7)6-5-8-1-3-11-6;6-5(7)4-2-1-3-8-4/h6,8H,1-5H2;1-3H,(H2,6,7). The number of ether oxygens (including phenoxy) is 2. The molecule has 0 aliphatic carbocycles. The van der Waals surface area contributed by atoms with Crippen LogP contribution in [0.25, 0.3) is 0 Å². The molecule has 3 rings (SSSR count). The number of carbonyl (C=O) groups excluding carboxylic acids is 2. The molecule has 1 aromatic rings. The fourth-order valence-electron chi connectivity index (χ4n) is 1.84. The molecular weight excluding hydrogens is 282 g/mol. The van der Waals surface area contributed by atoms with Crippen LogP contribution in [0.5, 0.6) is 0 Å². The number of cyclic esters (lactones) is 1. The van der Waals surface area contributed by atoms with Crippen molar-refractivity contribution in [2.45, 2.75) is 6.23 Å². The van der Waals surface area contributed by atoms with Crippen LogP contribution in [0.4, 0.5) is 4.79 Å². The molecule has 2 aliphatic heterocycles. The molecule has 8 heteroatoms. The zero-order valence-electron chi connectivity index (χ0n) is 10.9. The largest absolute Gasteiger partial charge is 0.447 e. The van der Waals surface area contributed by atoms with Crippen LogP contribution in [-0.4, -0.2) is 56.0 Å². The lowest BCUT2D eigenvalue weighted by Gasteiger charge is -2.29. The van der Waals surface area contributed by atoms with Crippen LogP contribution < -0.4 is 11.1 Å². The second kappa shape index (κ2) is 7.22. The van der Waals surface area contributed by atoms with Gasteiger partial charge < -0.3 is 20.5 Å². The summed E-state index contributed by atoms with van der Waals surface area (Å²) in [7, 11) is 0. The number of rotatable bonds is 2. The van der Waals surface area contributed by atoms with E-state index in [4.69, 9.17) is 15.2 Å². The summed E-state index contributed by atoms with van der Waals surface area (Å²) >= 11 is 1.36. The van der Waals surface area contributed by atoms with Crippen LogP contribution in [-0.2, 0) is 9.47 Å². The SMILES string of the molecule is NC(=O)c1cccs1.O=C1OCCN1C1CNCCO1. The summed E-state index contributed by atoms with van der Waals surface area (Å²) in [6, 6.07) is 3.50. The summed E-state index contributed by atoms with van der Waals surface area (Å²) in [5, 5.41) is 4.98. The van der Waals surface area contributed by atoms with E-state index in [2.05, 4.69) is 5.32 Å². The summed E-state index contributed by atoms with van der Waals surface area (Å²) in [6.07, 6.45) is -0.391. The Labute approximate surface area is 120 Å². The Balaban J connectivity index is 0.000000160. The molecule has 3 N–H and O–H groups in total. The van der Waals surface area contributed by atoms with Crippen LogP contribution in [0.2, 0.25) is 0 Å². The van der Waals surface area contributed by atoms with E-state index < -0.39 is 0 Å². The minimum Gasteiger partial charge on any atom is -0.447 e. The molecule has 3 heterocycles. The number of thiophene rings is 1. The predicted molar refractivity (Wildman–Crippen MR) is 73.5 cm³/mol. The zero-order chi connectivity index (χ0) is 14.4. The molecule has 2 amide bonds. The van der Waals surface area contributed by atoms with Gasteiger partial charge in [0.05, 0.1) is 18.0 Å². The molecule has 7 nitrogen and oxygen atoms in total.